The molecule has 0 saturated carbocycles. The number of rotatable bonds is 3. The Hall–Kier alpha value is -1.61. The van der Waals surface area contributed by atoms with Crippen LogP contribution in [0.25, 0.3) is 10.9 Å². The van der Waals surface area contributed by atoms with Gasteiger partial charge in [0.15, 0.2) is 0 Å². The lowest BCUT2D eigenvalue weighted by Gasteiger charge is -2.02. The fraction of sp³-hybridized carbons (Fsp3) is 0.231. The first kappa shape index (κ1) is 11.9. The maximum atomic E-state index is 11.7. The van der Waals surface area contributed by atoms with E-state index in [9.17, 15) is 9.59 Å². The molecule has 0 aliphatic carbocycles. The van der Waals surface area contributed by atoms with Gasteiger partial charge in [-0.15, -0.1) is 0 Å². The Morgan fingerprint density at radius 3 is 2.82 bits per heavy atom. The fourth-order valence-corrected chi connectivity index (χ4v) is 1.90. The molecular formula is C13H12ClNO2. The number of aromatic amines is 1. The second kappa shape index (κ2) is 4.72. The summed E-state index contributed by atoms with van der Waals surface area (Å²) < 4.78 is 0. The van der Waals surface area contributed by atoms with Crippen LogP contribution in [0.2, 0.25) is 5.02 Å². The SMILES string of the molecule is CC(=O)CCc1cc2cc(Cl)ccc2[nH]c1=O. The van der Waals surface area contributed by atoms with Crippen molar-refractivity contribution in [3.8, 4) is 0 Å². The van der Waals surface area contributed by atoms with Gasteiger partial charge in [-0.1, -0.05) is 11.6 Å². The minimum absolute atomic E-state index is 0.0793. The number of carbonyl (C=O) groups excluding carboxylic acids is 1. The van der Waals surface area contributed by atoms with Gasteiger partial charge in [0.2, 0.25) is 0 Å². The smallest absolute Gasteiger partial charge is 0.251 e. The summed E-state index contributed by atoms with van der Waals surface area (Å²) in [4.78, 5) is 25.4. The second-order valence-electron chi connectivity index (χ2n) is 4.06. The quantitative estimate of drug-likeness (QED) is 0.909. The molecule has 0 atom stereocenters. The number of halogens is 1. The molecule has 4 heteroatoms. The second-order valence-corrected chi connectivity index (χ2v) is 4.49. The van der Waals surface area contributed by atoms with Gasteiger partial charge >= 0.3 is 0 Å². The summed E-state index contributed by atoms with van der Waals surface area (Å²) in [6.07, 6.45) is 0.849. The van der Waals surface area contributed by atoms with Crippen molar-refractivity contribution in [3.05, 3.63) is 45.2 Å². The van der Waals surface area contributed by atoms with Gasteiger partial charge in [-0.2, -0.15) is 0 Å². The molecule has 0 unspecified atom stereocenters. The number of carbonyl (C=O) groups is 1. The average molecular weight is 250 g/mol. The van der Waals surface area contributed by atoms with E-state index in [1.165, 1.54) is 6.92 Å². The lowest BCUT2D eigenvalue weighted by Crippen LogP contribution is -2.13. The van der Waals surface area contributed by atoms with Gasteiger partial charge in [0.05, 0.1) is 0 Å². The number of ketones is 1. The first-order valence-electron chi connectivity index (χ1n) is 5.37. The Bertz CT molecular complexity index is 631. The molecule has 2 rings (SSSR count). The van der Waals surface area contributed by atoms with Crippen LogP contribution < -0.4 is 5.56 Å². The Morgan fingerprint density at radius 1 is 1.35 bits per heavy atom. The number of aryl methyl sites for hydroxylation is 1. The molecule has 0 radical (unpaired) electrons. The van der Waals surface area contributed by atoms with Crippen LogP contribution in [0.15, 0.2) is 29.1 Å². The van der Waals surface area contributed by atoms with Crippen molar-refractivity contribution in [2.75, 3.05) is 0 Å². The molecule has 0 saturated heterocycles. The standard InChI is InChI=1S/C13H12ClNO2/c1-8(16)2-3-9-6-10-7-11(14)4-5-12(10)15-13(9)17/h4-7H,2-3H2,1H3,(H,15,17). The minimum atomic E-state index is -0.138. The average Bonchev–Trinajstić information content (AvgIpc) is 2.26. The summed E-state index contributed by atoms with van der Waals surface area (Å²) in [6, 6.07) is 7.09. The lowest BCUT2D eigenvalue weighted by molar-refractivity contribution is -0.116. The van der Waals surface area contributed by atoms with Crippen molar-refractivity contribution in [1.82, 2.24) is 4.98 Å². The van der Waals surface area contributed by atoms with Gasteiger partial charge in [-0.25, -0.2) is 0 Å². The topological polar surface area (TPSA) is 49.9 Å². The van der Waals surface area contributed by atoms with Crippen molar-refractivity contribution in [1.29, 1.82) is 0 Å². The van der Waals surface area contributed by atoms with Gasteiger partial charge in [0.25, 0.3) is 5.56 Å². The van der Waals surface area contributed by atoms with Gasteiger partial charge in [0.1, 0.15) is 5.78 Å². The molecule has 3 nitrogen and oxygen atoms in total. The maximum absolute atomic E-state index is 11.7. The van der Waals surface area contributed by atoms with Crippen molar-refractivity contribution in [3.63, 3.8) is 0 Å². The molecule has 1 heterocycles. The van der Waals surface area contributed by atoms with Gasteiger partial charge in [-0.3, -0.25) is 4.79 Å². The minimum Gasteiger partial charge on any atom is -0.322 e. The summed E-state index contributed by atoms with van der Waals surface area (Å²) in [5.41, 5.74) is 1.24. The number of nitrogens with one attached hydrogen (secondary N) is 1. The molecule has 88 valence electrons. The van der Waals surface area contributed by atoms with E-state index in [0.717, 1.165) is 10.9 Å². The van der Waals surface area contributed by atoms with Gasteiger partial charge in [0, 0.05) is 22.5 Å². The van der Waals surface area contributed by atoms with E-state index in [0.29, 0.717) is 23.4 Å². The number of pyridine rings is 1. The molecule has 0 fully saturated rings. The molecule has 0 spiro atoms. The molecule has 0 bridgehead atoms. The van der Waals surface area contributed by atoms with Crippen LogP contribution in [0, 0.1) is 0 Å². The highest BCUT2D eigenvalue weighted by atomic mass is 35.5. The van der Waals surface area contributed by atoms with Crippen LogP contribution in [0.1, 0.15) is 18.9 Å². The molecule has 0 amide bonds. The van der Waals surface area contributed by atoms with E-state index < -0.39 is 0 Å². The Labute approximate surface area is 103 Å². The maximum Gasteiger partial charge on any atom is 0.251 e. The zero-order valence-electron chi connectivity index (χ0n) is 9.42. The first-order valence-corrected chi connectivity index (χ1v) is 5.75. The number of aromatic nitrogens is 1. The summed E-state index contributed by atoms with van der Waals surface area (Å²) in [5.74, 6) is 0.0793. The molecular weight excluding hydrogens is 238 g/mol. The molecule has 1 N–H and O–H groups in total. The van der Waals surface area contributed by atoms with Crippen molar-refractivity contribution >= 4 is 28.3 Å². The van der Waals surface area contributed by atoms with E-state index in [2.05, 4.69) is 4.98 Å². The molecule has 1 aromatic heterocycles. The van der Waals surface area contributed by atoms with E-state index >= 15 is 0 Å². The van der Waals surface area contributed by atoms with E-state index in [4.69, 9.17) is 11.6 Å². The fourth-order valence-electron chi connectivity index (χ4n) is 1.72. The van der Waals surface area contributed by atoms with Crippen LogP contribution in [-0.4, -0.2) is 10.8 Å². The van der Waals surface area contributed by atoms with Crippen molar-refractivity contribution < 1.29 is 4.79 Å². The molecule has 17 heavy (non-hydrogen) atoms. The summed E-state index contributed by atoms with van der Waals surface area (Å²) in [5, 5.41) is 1.51. The number of hydrogen-bond acceptors (Lipinski definition) is 2. The highest BCUT2D eigenvalue weighted by molar-refractivity contribution is 6.31. The molecule has 0 aliphatic heterocycles. The third-order valence-corrected chi connectivity index (χ3v) is 2.86. The summed E-state index contributed by atoms with van der Waals surface area (Å²) >= 11 is 5.89. The summed E-state index contributed by atoms with van der Waals surface area (Å²) in [7, 11) is 0. The lowest BCUT2D eigenvalue weighted by atomic mass is 10.1. The normalized spacial score (nSPS) is 10.7. The largest absolute Gasteiger partial charge is 0.322 e. The third kappa shape index (κ3) is 2.74. The summed E-state index contributed by atoms with van der Waals surface area (Å²) in [6.45, 7) is 1.52. The number of hydrogen-bond donors (Lipinski definition) is 1. The van der Waals surface area contributed by atoms with Crippen LogP contribution in [0.3, 0.4) is 0 Å². The van der Waals surface area contributed by atoms with Crippen LogP contribution in [0.4, 0.5) is 0 Å². The molecule has 0 aliphatic rings. The third-order valence-electron chi connectivity index (χ3n) is 2.63. The van der Waals surface area contributed by atoms with Crippen LogP contribution in [0.5, 0.6) is 0 Å². The zero-order valence-corrected chi connectivity index (χ0v) is 10.2. The molecule has 2 aromatic rings. The predicted molar refractivity (Wildman–Crippen MR) is 68.6 cm³/mol. The van der Waals surface area contributed by atoms with E-state index in [-0.39, 0.29) is 11.3 Å². The molecule has 1 aromatic carbocycles. The van der Waals surface area contributed by atoms with Crippen molar-refractivity contribution in [2.45, 2.75) is 19.8 Å². The monoisotopic (exact) mass is 249 g/mol. The van der Waals surface area contributed by atoms with Gasteiger partial charge in [-0.05, 0) is 43.0 Å². The van der Waals surface area contributed by atoms with Crippen molar-refractivity contribution in [2.24, 2.45) is 0 Å². The number of fused-ring (bicyclic) bond motifs is 1. The van der Waals surface area contributed by atoms with Crippen LogP contribution in [-0.2, 0) is 11.2 Å². The predicted octanol–water partition coefficient (Wildman–Crippen LogP) is 2.70. The highest BCUT2D eigenvalue weighted by Gasteiger charge is 2.04. The van der Waals surface area contributed by atoms with E-state index in [1.54, 1.807) is 24.3 Å². The number of H-pyrrole nitrogens is 1. The number of benzene rings is 1. The van der Waals surface area contributed by atoms with E-state index in [1.807, 2.05) is 0 Å². The highest BCUT2D eigenvalue weighted by Crippen LogP contribution is 2.17. The first-order chi connectivity index (χ1) is 8.06. The Kier molecular flexibility index (Phi) is 3.29. The number of Topliss-reactive ketones (excluding diaryl/α,β-unsaturated/α-hetero) is 1. The van der Waals surface area contributed by atoms with Gasteiger partial charge < -0.3 is 9.78 Å². The Morgan fingerprint density at radius 2 is 2.12 bits per heavy atom. The Balaban J connectivity index is 2.46. The zero-order chi connectivity index (χ0) is 12.4. The van der Waals surface area contributed by atoms with Crippen LogP contribution >= 0.6 is 11.6 Å².